The molecule has 0 spiro atoms. The van der Waals surface area contributed by atoms with Crippen molar-refractivity contribution in [3.05, 3.63) is 40.3 Å². The van der Waals surface area contributed by atoms with Crippen LogP contribution >= 0.6 is 0 Å². The van der Waals surface area contributed by atoms with Crippen molar-refractivity contribution in [2.24, 2.45) is 0 Å². The van der Waals surface area contributed by atoms with Gasteiger partial charge in [0, 0.05) is 6.54 Å². The van der Waals surface area contributed by atoms with Crippen molar-refractivity contribution < 1.29 is 33.7 Å². The van der Waals surface area contributed by atoms with Crippen LogP contribution in [-0.4, -0.2) is 59.8 Å². The molecule has 0 saturated carbocycles. The monoisotopic (exact) mass is 352 g/mol. The first-order valence-corrected chi connectivity index (χ1v) is 7.32. The number of nitrogens with zero attached hydrogens (tertiary/aromatic N) is 1. The lowest BCUT2D eigenvalue weighted by Gasteiger charge is -2.16. The molecule has 0 unspecified atom stereocenters. The molecule has 1 aromatic carbocycles. The molecule has 1 aromatic rings. The lowest BCUT2D eigenvalue weighted by Crippen LogP contribution is -2.31. The third kappa shape index (κ3) is 3.61. The number of methoxy groups -OCH3 is 1. The van der Waals surface area contributed by atoms with E-state index in [4.69, 9.17) is 5.11 Å². The lowest BCUT2D eigenvalue weighted by molar-refractivity contribution is -0.136. The summed E-state index contributed by atoms with van der Waals surface area (Å²) in [4.78, 5) is 36.9. The van der Waals surface area contributed by atoms with E-state index in [2.05, 4.69) is 10.1 Å². The SMILES string of the molecule is COC(=O)C1=C(Nc2cc(C)cc(F)c2C(=O)O)C(=O)N(CCO)C1. The van der Waals surface area contributed by atoms with E-state index in [-0.39, 0.29) is 36.7 Å². The zero-order chi connectivity index (χ0) is 18.7. The highest BCUT2D eigenvalue weighted by Gasteiger charge is 2.35. The Balaban J connectivity index is 2.50. The van der Waals surface area contributed by atoms with E-state index in [1.54, 1.807) is 6.92 Å². The average molecular weight is 352 g/mol. The quantitative estimate of drug-likeness (QED) is 0.639. The third-order valence-electron chi connectivity index (χ3n) is 3.66. The maximum Gasteiger partial charge on any atom is 0.340 e. The number of esters is 1. The molecule has 1 aliphatic heterocycles. The number of anilines is 1. The molecule has 1 heterocycles. The number of carboxylic acids is 1. The number of rotatable bonds is 6. The number of benzene rings is 1. The lowest BCUT2D eigenvalue weighted by atomic mass is 10.1. The van der Waals surface area contributed by atoms with Gasteiger partial charge in [0.2, 0.25) is 0 Å². The summed E-state index contributed by atoms with van der Waals surface area (Å²) >= 11 is 0. The Labute approximate surface area is 142 Å². The number of β-amino-alcohol motifs (C(OH)–C–C–N with tert-alkyl or cyclic N) is 1. The normalized spacial score (nSPS) is 14.1. The van der Waals surface area contributed by atoms with Crippen molar-refractivity contribution in [1.29, 1.82) is 0 Å². The van der Waals surface area contributed by atoms with Gasteiger partial charge in [0.25, 0.3) is 5.91 Å². The highest BCUT2D eigenvalue weighted by molar-refractivity contribution is 6.09. The summed E-state index contributed by atoms with van der Waals surface area (Å²) in [5.41, 5.74) is -0.591. The molecule has 1 amide bonds. The molecule has 1 aliphatic rings. The van der Waals surface area contributed by atoms with Crippen molar-refractivity contribution in [1.82, 2.24) is 4.90 Å². The Morgan fingerprint density at radius 2 is 2.08 bits per heavy atom. The predicted octanol–water partition coefficient (Wildman–Crippen LogP) is 0.506. The Bertz CT molecular complexity index is 774. The van der Waals surface area contributed by atoms with E-state index >= 15 is 0 Å². The minimum atomic E-state index is -1.52. The maximum atomic E-state index is 14.0. The number of amides is 1. The van der Waals surface area contributed by atoms with Gasteiger partial charge < -0.3 is 25.2 Å². The van der Waals surface area contributed by atoms with Crippen LogP contribution in [0.15, 0.2) is 23.4 Å². The van der Waals surface area contributed by atoms with Gasteiger partial charge in [-0.3, -0.25) is 4.79 Å². The predicted molar refractivity (Wildman–Crippen MR) is 84.4 cm³/mol. The van der Waals surface area contributed by atoms with Crippen molar-refractivity contribution in [3.8, 4) is 0 Å². The number of nitrogens with one attached hydrogen (secondary N) is 1. The topological polar surface area (TPSA) is 116 Å². The molecule has 9 heteroatoms. The van der Waals surface area contributed by atoms with Gasteiger partial charge in [-0.05, 0) is 24.6 Å². The zero-order valence-corrected chi connectivity index (χ0v) is 13.6. The molecule has 0 atom stereocenters. The van der Waals surface area contributed by atoms with Crippen molar-refractivity contribution in [2.45, 2.75) is 6.92 Å². The van der Waals surface area contributed by atoms with Gasteiger partial charge in [0.1, 0.15) is 17.1 Å². The second-order valence-electron chi connectivity index (χ2n) is 5.39. The average Bonchev–Trinajstić information content (AvgIpc) is 2.83. The van der Waals surface area contributed by atoms with Gasteiger partial charge in [0.05, 0.1) is 31.5 Å². The highest BCUT2D eigenvalue weighted by atomic mass is 19.1. The van der Waals surface area contributed by atoms with Crippen LogP contribution in [-0.2, 0) is 14.3 Å². The summed E-state index contributed by atoms with van der Waals surface area (Å²) in [7, 11) is 1.14. The summed E-state index contributed by atoms with van der Waals surface area (Å²) in [5.74, 6) is -3.88. The van der Waals surface area contributed by atoms with Crippen LogP contribution in [0.25, 0.3) is 0 Å². The third-order valence-corrected chi connectivity index (χ3v) is 3.66. The van der Waals surface area contributed by atoms with Crippen LogP contribution in [0.2, 0.25) is 0 Å². The van der Waals surface area contributed by atoms with E-state index in [1.165, 1.54) is 11.0 Å². The smallest absolute Gasteiger partial charge is 0.340 e. The van der Waals surface area contributed by atoms with Crippen LogP contribution in [0.5, 0.6) is 0 Å². The Morgan fingerprint density at radius 3 is 2.64 bits per heavy atom. The second-order valence-corrected chi connectivity index (χ2v) is 5.39. The molecule has 3 N–H and O–H groups in total. The van der Waals surface area contributed by atoms with Crippen LogP contribution in [0.1, 0.15) is 15.9 Å². The van der Waals surface area contributed by atoms with Crippen molar-refractivity contribution in [3.63, 3.8) is 0 Å². The van der Waals surface area contributed by atoms with E-state index < -0.39 is 29.2 Å². The van der Waals surface area contributed by atoms with Crippen molar-refractivity contribution >= 4 is 23.5 Å². The van der Waals surface area contributed by atoms with Gasteiger partial charge in [-0.1, -0.05) is 0 Å². The molecular weight excluding hydrogens is 335 g/mol. The molecule has 134 valence electrons. The number of hydrogen-bond acceptors (Lipinski definition) is 6. The molecule has 0 saturated heterocycles. The minimum absolute atomic E-state index is 0.0154. The first kappa shape index (κ1) is 18.4. The fraction of sp³-hybridized carbons (Fsp3) is 0.312. The molecule has 2 rings (SSSR count). The van der Waals surface area contributed by atoms with Crippen LogP contribution in [0.3, 0.4) is 0 Å². The summed E-state index contributed by atoms with van der Waals surface area (Å²) < 4.78 is 18.6. The summed E-state index contributed by atoms with van der Waals surface area (Å²) in [5, 5.41) is 20.8. The molecule has 0 aromatic heterocycles. The van der Waals surface area contributed by atoms with E-state index in [0.717, 1.165) is 13.2 Å². The van der Waals surface area contributed by atoms with E-state index in [1.807, 2.05) is 0 Å². The van der Waals surface area contributed by atoms with Gasteiger partial charge in [-0.2, -0.15) is 0 Å². The molecule has 0 radical (unpaired) electrons. The van der Waals surface area contributed by atoms with E-state index in [0.29, 0.717) is 5.56 Å². The Hall–Kier alpha value is -2.94. The summed E-state index contributed by atoms with van der Waals surface area (Å²) in [6, 6.07) is 2.41. The van der Waals surface area contributed by atoms with Crippen molar-refractivity contribution in [2.75, 3.05) is 32.1 Å². The number of aliphatic hydroxyl groups excluding tert-OH is 1. The second kappa shape index (κ2) is 7.31. The number of carboxylic acid groups (broad SMARTS) is 1. The molecular formula is C16H17FN2O6. The highest BCUT2D eigenvalue weighted by Crippen LogP contribution is 2.27. The van der Waals surface area contributed by atoms with Gasteiger partial charge >= 0.3 is 11.9 Å². The summed E-state index contributed by atoms with van der Waals surface area (Å²) in [6.07, 6.45) is 0. The maximum absolute atomic E-state index is 14.0. The number of carbonyl (C=O) groups excluding carboxylic acids is 2. The first-order chi connectivity index (χ1) is 11.8. The van der Waals surface area contributed by atoms with Crippen LogP contribution < -0.4 is 5.32 Å². The molecule has 8 nitrogen and oxygen atoms in total. The Morgan fingerprint density at radius 1 is 1.40 bits per heavy atom. The first-order valence-electron chi connectivity index (χ1n) is 7.32. The number of aryl methyl sites for hydroxylation is 1. The van der Waals surface area contributed by atoms with Crippen LogP contribution in [0, 0.1) is 12.7 Å². The number of carbonyl (C=O) groups is 3. The summed E-state index contributed by atoms with van der Waals surface area (Å²) in [6.45, 7) is 1.13. The van der Waals surface area contributed by atoms with E-state index in [9.17, 15) is 23.9 Å². The molecule has 0 bridgehead atoms. The number of aliphatic hydroxyl groups is 1. The number of halogens is 1. The van der Waals surface area contributed by atoms with Gasteiger partial charge in [-0.25, -0.2) is 14.0 Å². The molecule has 0 fully saturated rings. The largest absolute Gasteiger partial charge is 0.478 e. The number of ether oxygens (including phenoxy) is 1. The standard InChI is InChI=1S/C16H17FN2O6/c1-8-5-10(17)12(15(22)23)11(6-8)18-13-9(16(24)25-2)7-19(3-4-20)14(13)21/h5-6,18,20H,3-4,7H2,1-2H3,(H,22,23). The van der Waals surface area contributed by atoms with Gasteiger partial charge in [0.15, 0.2) is 0 Å². The number of aromatic carboxylic acids is 1. The Kier molecular flexibility index (Phi) is 5.38. The van der Waals surface area contributed by atoms with Gasteiger partial charge in [-0.15, -0.1) is 0 Å². The zero-order valence-electron chi connectivity index (χ0n) is 13.6. The fourth-order valence-corrected chi connectivity index (χ4v) is 2.54. The minimum Gasteiger partial charge on any atom is -0.478 e. The van der Waals surface area contributed by atoms with Crippen LogP contribution in [0.4, 0.5) is 10.1 Å². The molecule has 25 heavy (non-hydrogen) atoms. The molecule has 0 aliphatic carbocycles. The number of hydrogen-bond donors (Lipinski definition) is 3. The fourth-order valence-electron chi connectivity index (χ4n) is 2.54.